The maximum absolute atomic E-state index is 11.7. The summed E-state index contributed by atoms with van der Waals surface area (Å²) in [4.78, 5) is 11.7. The maximum Gasteiger partial charge on any atom is 0.225 e. The monoisotopic (exact) mass is 214 g/mol. The minimum atomic E-state index is 0.0699. The summed E-state index contributed by atoms with van der Waals surface area (Å²) in [6, 6.07) is 0. The van der Waals surface area contributed by atoms with Crippen molar-refractivity contribution in [1.82, 2.24) is 10.6 Å². The number of carbonyl (C=O) groups is 1. The molecule has 2 atom stereocenters. The van der Waals surface area contributed by atoms with Gasteiger partial charge in [-0.1, -0.05) is 6.92 Å². The second-order valence-corrected chi connectivity index (χ2v) is 4.32. The molecule has 0 spiro atoms. The number of hydrogen-bond acceptors (Lipinski definition) is 3. The molecule has 2 unspecified atom stereocenters. The van der Waals surface area contributed by atoms with Crippen LogP contribution in [0.15, 0.2) is 0 Å². The highest BCUT2D eigenvalue weighted by Crippen LogP contribution is 2.13. The van der Waals surface area contributed by atoms with Gasteiger partial charge in [0.2, 0.25) is 5.91 Å². The molecule has 2 N–H and O–H groups in total. The highest BCUT2D eigenvalue weighted by atomic mass is 16.5. The molecule has 1 heterocycles. The smallest absolute Gasteiger partial charge is 0.225 e. The first-order valence-corrected chi connectivity index (χ1v) is 5.74. The zero-order valence-corrected chi connectivity index (χ0v) is 9.71. The van der Waals surface area contributed by atoms with Crippen LogP contribution >= 0.6 is 0 Å². The lowest BCUT2D eigenvalue weighted by atomic mass is 10.0. The third kappa shape index (κ3) is 4.62. The van der Waals surface area contributed by atoms with Gasteiger partial charge in [-0.05, 0) is 32.4 Å². The first-order chi connectivity index (χ1) is 7.24. The number of nitrogens with one attached hydrogen (secondary N) is 2. The number of carbonyl (C=O) groups excluding carboxylic acids is 1. The Hall–Kier alpha value is -0.610. The van der Waals surface area contributed by atoms with Crippen molar-refractivity contribution in [2.24, 2.45) is 11.8 Å². The Kier molecular flexibility index (Phi) is 5.65. The molecule has 0 aromatic carbocycles. The zero-order valence-electron chi connectivity index (χ0n) is 9.71. The topological polar surface area (TPSA) is 50.4 Å². The van der Waals surface area contributed by atoms with Gasteiger partial charge in [0, 0.05) is 13.2 Å². The number of ether oxygens (including phenoxy) is 1. The van der Waals surface area contributed by atoms with Gasteiger partial charge in [0.25, 0.3) is 0 Å². The van der Waals surface area contributed by atoms with Gasteiger partial charge < -0.3 is 15.4 Å². The molecule has 0 aliphatic carbocycles. The summed E-state index contributed by atoms with van der Waals surface area (Å²) >= 11 is 0. The first kappa shape index (κ1) is 12.5. The summed E-state index contributed by atoms with van der Waals surface area (Å²) in [5, 5.41) is 6.07. The molecule has 4 heteroatoms. The van der Waals surface area contributed by atoms with Gasteiger partial charge in [0.05, 0.1) is 12.5 Å². The van der Waals surface area contributed by atoms with Gasteiger partial charge in [0.1, 0.15) is 0 Å². The van der Waals surface area contributed by atoms with Crippen molar-refractivity contribution in [3.8, 4) is 0 Å². The molecule has 0 aromatic rings. The third-order valence-corrected chi connectivity index (χ3v) is 2.71. The summed E-state index contributed by atoms with van der Waals surface area (Å²) in [6.07, 6.45) is 1.97. The van der Waals surface area contributed by atoms with Crippen LogP contribution in [-0.2, 0) is 9.53 Å². The van der Waals surface area contributed by atoms with Crippen molar-refractivity contribution < 1.29 is 9.53 Å². The molecule has 0 bridgehead atoms. The van der Waals surface area contributed by atoms with Gasteiger partial charge in [-0.25, -0.2) is 0 Å². The lowest BCUT2D eigenvalue weighted by molar-refractivity contribution is -0.129. The summed E-state index contributed by atoms with van der Waals surface area (Å²) in [5.74, 6) is 0.696. The van der Waals surface area contributed by atoms with Crippen molar-refractivity contribution in [2.75, 3.05) is 33.4 Å². The quantitative estimate of drug-likeness (QED) is 0.696. The van der Waals surface area contributed by atoms with E-state index in [-0.39, 0.29) is 11.8 Å². The fourth-order valence-corrected chi connectivity index (χ4v) is 1.79. The van der Waals surface area contributed by atoms with E-state index in [1.165, 1.54) is 0 Å². The maximum atomic E-state index is 11.7. The van der Waals surface area contributed by atoms with Crippen molar-refractivity contribution in [3.05, 3.63) is 0 Å². The van der Waals surface area contributed by atoms with Gasteiger partial charge in [0.15, 0.2) is 0 Å². The molecule has 1 aliphatic rings. The molecular weight excluding hydrogens is 192 g/mol. The van der Waals surface area contributed by atoms with Crippen molar-refractivity contribution in [2.45, 2.75) is 19.8 Å². The Bertz CT molecular complexity index is 191. The van der Waals surface area contributed by atoms with Crippen LogP contribution in [0.1, 0.15) is 19.8 Å². The van der Waals surface area contributed by atoms with Crippen molar-refractivity contribution in [3.63, 3.8) is 0 Å². The molecule has 0 radical (unpaired) electrons. The zero-order chi connectivity index (χ0) is 11.1. The summed E-state index contributed by atoms with van der Waals surface area (Å²) in [6.45, 7) is 5.19. The fourth-order valence-electron chi connectivity index (χ4n) is 1.79. The molecule has 1 fully saturated rings. The minimum absolute atomic E-state index is 0.0699. The first-order valence-electron chi connectivity index (χ1n) is 5.74. The van der Waals surface area contributed by atoms with E-state index in [0.29, 0.717) is 12.5 Å². The molecule has 1 saturated heterocycles. The van der Waals surface area contributed by atoms with Crippen LogP contribution in [0.5, 0.6) is 0 Å². The Morgan fingerprint density at radius 2 is 2.33 bits per heavy atom. The largest absolute Gasteiger partial charge is 0.381 e. The molecular formula is C11H22N2O2. The van der Waals surface area contributed by atoms with E-state index in [2.05, 4.69) is 17.6 Å². The average Bonchev–Trinajstić information content (AvgIpc) is 2.27. The standard InChI is InChI=1S/C11H22N2O2/c1-9(6-12-2)7-13-11(14)10-4-3-5-15-8-10/h9-10,12H,3-8H2,1-2H3,(H,13,14). The predicted molar refractivity (Wildman–Crippen MR) is 59.6 cm³/mol. The predicted octanol–water partition coefficient (Wildman–Crippen LogP) is 0.385. The molecule has 1 rings (SSSR count). The van der Waals surface area contributed by atoms with E-state index in [9.17, 15) is 4.79 Å². The lowest BCUT2D eigenvalue weighted by Gasteiger charge is -2.22. The number of amides is 1. The van der Waals surface area contributed by atoms with Crippen molar-refractivity contribution >= 4 is 5.91 Å². The van der Waals surface area contributed by atoms with E-state index in [1.807, 2.05) is 7.05 Å². The normalized spacial score (nSPS) is 23.5. The number of hydrogen-bond donors (Lipinski definition) is 2. The van der Waals surface area contributed by atoms with Crippen molar-refractivity contribution in [1.29, 1.82) is 0 Å². The average molecular weight is 214 g/mol. The Balaban J connectivity index is 2.16. The summed E-state index contributed by atoms with van der Waals surface area (Å²) in [5.41, 5.74) is 0. The Labute approximate surface area is 91.8 Å². The van der Waals surface area contributed by atoms with Crippen LogP contribution in [0.2, 0.25) is 0 Å². The molecule has 0 saturated carbocycles. The highest BCUT2D eigenvalue weighted by Gasteiger charge is 2.21. The van der Waals surface area contributed by atoms with Gasteiger partial charge in [-0.15, -0.1) is 0 Å². The molecule has 88 valence electrons. The molecule has 1 amide bonds. The summed E-state index contributed by atoms with van der Waals surface area (Å²) in [7, 11) is 1.92. The summed E-state index contributed by atoms with van der Waals surface area (Å²) < 4.78 is 5.28. The highest BCUT2D eigenvalue weighted by molar-refractivity contribution is 5.78. The second-order valence-electron chi connectivity index (χ2n) is 4.32. The van der Waals surface area contributed by atoms with Crippen LogP contribution in [0.25, 0.3) is 0 Å². The van der Waals surface area contributed by atoms with Crippen LogP contribution in [-0.4, -0.2) is 39.3 Å². The van der Waals surface area contributed by atoms with Gasteiger partial charge in [-0.2, -0.15) is 0 Å². The van der Waals surface area contributed by atoms with E-state index in [1.54, 1.807) is 0 Å². The Morgan fingerprint density at radius 3 is 2.93 bits per heavy atom. The third-order valence-electron chi connectivity index (χ3n) is 2.71. The number of rotatable bonds is 5. The second kappa shape index (κ2) is 6.80. The fraction of sp³-hybridized carbons (Fsp3) is 0.909. The van der Waals surface area contributed by atoms with E-state index >= 15 is 0 Å². The van der Waals surface area contributed by atoms with Crippen LogP contribution in [0, 0.1) is 11.8 Å². The van der Waals surface area contributed by atoms with Gasteiger partial charge in [-0.3, -0.25) is 4.79 Å². The van der Waals surface area contributed by atoms with E-state index in [4.69, 9.17) is 4.74 Å². The molecule has 15 heavy (non-hydrogen) atoms. The van der Waals surface area contributed by atoms with Gasteiger partial charge >= 0.3 is 0 Å². The molecule has 4 nitrogen and oxygen atoms in total. The van der Waals surface area contributed by atoms with Crippen LogP contribution < -0.4 is 10.6 Å². The van der Waals surface area contributed by atoms with E-state index in [0.717, 1.165) is 32.5 Å². The molecule has 1 aliphatic heterocycles. The SMILES string of the molecule is CNCC(C)CNC(=O)C1CCCOC1. The minimum Gasteiger partial charge on any atom is -0.381 e. The Morgan fingerprint density at radius 1 is 1.53 bits per heavy atom. The van der Waals surface area contributed by atoms with Crippen LogP contribution in [0.3, 0.4) is 0 Å². The molecule has 0 aromatic heterocycles. The lowest BCUT2D eigenvalue weighted by Crippen LogP contribution is -2.39. The van der Waals surface area contributed by atoms with E-state index < -0.39 is 0 Å². The van der Waals surface area contributed by atoms with Crippen LogP contribution in [0.4, 0.5) is 0 Å².